The zero-order chi connectivity index (χ0) is 18.4. The molecule has 134 valence electrons. The van der Waals surface area contributed by atoms with E-state index in [4.69, 9.17) is 10.8 Å². The third-order valence-corrected chi connectivity index (χ3v) is 6.80. The SMILES string of the molecule is CSc1ccc(C(SCC(N)C(=O)O)c2ccc(S(C)=O)cc2)cc1. The standard InChI is InChI=1S/C18H21NO3S3/c1-23-14-7-3-12(4-8-14)17(24-11-16(19)18(20)21)13-5-9-15(10-6-13)25(2)22/h3-10,16-17H,11,19H2,1-2H3,(H,20,21). The van der Waals surface area contributed by atoms with Crippen LogP contribution in [-0.4, -0.2) is 39.6 Å². The second-order valence-electron chi connectivity index (χ2n) is 5.45. The van der Waals surface area contributed by atoms with Crippen LogP contribution < -0.4 is 5.73 Å². The van der Waals surface area contributed by atoms with Crippen molar-refractivity contribution in [2.24, 2.45) is 5.73 Å². The average molecular weight is 396 g/mol. The first-order valence-corrected chi connectivity index (χ1v) is 11.4. The van der Waals surface area contributed by atoms with Gasteiger partial charge in [-0.15, -0.1) is 23.5 Å². The van der Waals surface area contributed by atoms with Gasteiger partial charge in [-0.05, 0) is 41.6 Å². The third kappa shape index (κ3) is 5.60. The Morgan fingerprint density at radius 3 is 2.08 bits per heavy atom. The average Bonchev–Trinajstić information content (AvgIpc) is 2.62. The second kappa shape index (κ2) is 9.43. The van der Waals surface area contributed by atoms with Crippen molar-refractivity contribution >= 4 is 40.3 Å². The molecule has 0 saturated carbocycles. The fourth-order valence-corrected chi connectivity index (χ4v) is 4.44. The lowest BCUT2D eigenvalue weighted by molar-refractivity contribution is -0.137. The van der Waals surface area contributed by atoms with Crippen molar-refractivity contribution in [1.29, 1.82) is 0 Å². The Balaban J connectivity index is 2.29. The van der Waals surface area contributed by atoms with Gasteiger partial charge < -0.3 is 10.8 Å². The molecule has 0 aliphatic heterocycles. The normalized spacial score (nSPS) is 14.7. The summed E-state index contributed by atoms with van der Waals surface area (Å²) in [7, 11) is -1.02. The van der Waals surface area contributed by atoms with Crippen LogP contribution in [-0.2, 0) is 15.6 Å². The fraction of sp³-hybridized carbons (Fsp3) is 0.278. The number of hydrogen-bond acceptors (Lipinski definition) is 5. The Morgan fingerprint density at radius 2 is 1.64 bits per heavy atom. The predicted octanol–water partition coefficient (Wildman–Crippen LogP) is 3.38. The van der Waals surface area contributed by atoms with Crippen LogP contribution in [0.1, 0.15) is 16.4 Å². The number of carboxylic acids is 1. The lowest BCUT2D eigenvalue weighted by atomic mass is 10.0. The summed E-state index contributed by atoms with van der Waals surface area (Å²) in [6.07, 6.45) is 3.67. The summed E-state index contributed by atoms with van der Waals surface area (Å²) < 4.78 is 11.6. The van der Waals surface area contributed by atoms with Gasteiger partial charge in [0.15, 0.2) is 0 Å². The first-order chi connectivity index (χ1) is 11.9. The van der Waals surface area contributed by atoms with Crippen molar-refractivity contribution in [3.8, 4) is 0 Å². The number of thioether (sulfide) groups is 2. The third-order valence-electron chi connectivity index (χ3n) is 3.69. The van der Waals surface area contributed by atoms with E-state index >= 15 is 0 Å². The van der Waals surface area contributed by atoms with Crippen LogP contribution in [0.4, 0.5) is 0 Å². The lowest BCUT2D eigenvalue weighted by Gasteiger charge is -2.19. The molecule has 2 aromatic rings. The monoisotopic (exact) mass is 395 g/mol. The number of carbonyl (C=O) groups is 1. The van der Waals surface area contributed by atoms with E-state index in [0.717, 1.165) is 16.0 Å². The molecule has 0 radical (unpaired) electrons. The maximum Gasteiger partial charge on any atom is 0.321 e. The number of hydrogen-bond donors (Lipinski definition) is 2. The minimum absolute atomic E-state index is 0.0272. The highest BCUT2D eigenvalue weighted by atomic mass is 32.2. The minimum atomic E-state index is -1.02. The Hall–Kier alpha value is -1.28. The zero-order valence-corrected chi connectivity index (χ0v) is 16.5. The lowest BCUT2D eigenvalue weighted by Crippen LogP contribution is -2.32. The van der Waals surface area contributed by atoms with E-state index in [-0.39, 0.29) is 5.25 Å². The second-order valence-corrected chi connectivity index (χ2v) is 8.85. The summed E-state index contributed by atoms with van der Waals surface area (Å²) in [6.45, 7) is 0. The summed E-state index contributed by atoms with van der Waals surface area (Å²) >= 11 is 3.18. The molecule has 2 aromatic carbocycles. The van der Waals surface area contributed by atoms with Gasteiger partial charge in [-0.3, -0.25) is 9.00 Å². The number of rotatable bonds is 8. The number of nitrogens with two attached hydrogens (primary N) is 1. The van der Waals surface area contributed by atoms with Gasteiger partial charge in [-0.25, -0.2) is 0 Å². The summed E-state index contributed by atoms with van der Waals surface area (Å²) in [6, 6.07) is 14.9. The molecule has 3 unspecified atom stereocenters. The highest BCUT2D eigenvalue weighted by molar-refractivity contribution is 7.99. The Kier molecular flexibility index (Phi) is 7.56. The van der Waals surface area contributed by atoms with Gasteiger partial charge >= 0.3 is 5.97 Å². The van der Waals surface area contributed by atoms with Crippen LogP contribution in [0.25, 0.3) is 0 Å². The van der Waals surface area contributed by atoms with Gasteiger partial charge in [0.1, 0.15) is 6.04 Å². The van der Waals surface area contributed by atoms with Crippen molar-refractivity contribution in [2.75, 3.05) is 18.3 Å². The van der Waals surface area contributed by atoms with Crippen molar-refractivity contribution in [1.82, 2.24) is 0 Å². The van der Waals surface area contributed by atoms with E-state index in [2.05, 4.69) is 24.3 Å². The van der Waals surface area contributed by atoms with Crippen molar-refractivity contribution in [3.63, 3.8) is 0 Å². The predicted molar refractivity (Wildman–Crippen MR) is 107 cm³/mol. The van der Waals surface area contributed by atoms with Crippen LogP contribution in [0.2, 0.25) is 0 Å². The van der Waals surface area contributed by atoms with Gasteiger partial charge in [-0.1, -0.05) is 24.3 Å². The number of aliphatic carboxylic acids is 1. The molecule has 3 atom stereocenters. The maximum atomic E-state index is 11.6. The molecule has 0 spiro atoms. The molecule has 0 saturated heterocycles. The molecule has 0 fully saturated rings. The molecular formula is C18H21NO3S3. The molecule has 2 rings (SSSR count). The van der Waals surface area contributed by atoms with Crippen LogP contribution in [0.5, 0.6) is 0 Å². The Labute approximate surface area is 159 Å². The highest BCUT2D eigenvalue weighted by Crippen LogP contribution is 2.36. The first-order valence-electron chi connectivity index (χ1n) is 7.59. The van der Waals surface area contributed by atoms with Crippen LogP contribution >= 0.6 is 23.5 Å². The summed E-state index contributed by atoms with van der Waals surface area (Å²) in [5.74, 6) is -0.688. The van der Waals surface area contributed by atoms with E-state index in [0.29, 0.717) is 5.75 Å². The summed E-state index contributed by atoms with van der Waals surface area (Å²) in [5.41, 5.74) is 7.79. The van der Waals surface area contributed by atoms with E-state index in [9.17, 15) is 9.00 Å². The topological polar surface area (TPSA) is 80.4 Å². The molecule has 7 heteroatoms. The molecule has 0 aromatic heterocycles. The van der Waals surface area contributed by atoms with Crippen molar-refractivity contribution < 1.29 is 14.1 Å². The van der Waals surface area contributed by atoms with Crippen LogP contribution in [0, 0.1) is 0 Å². The molecule has 25 heavy (non-hydrogen) atoms. The first kappa shape index (κ1) is 20.0. The molecule has 3 N–H and O–H groups in total. The minimum Gasteiger partial charge on any atom is -0.480 e. The Morgan fingerprint density at radius 1 is 1.12 bits per heavy atom. The van der Waals surface area contributed by atoms with Gasteiger partial charge in [0.25, 0.3) is 0 Å². The van der Waals surface area contributed by atoms with E-state index in [1.807, 2.05) is 30.5 Å². The molecule has 0 bridgehead atoms. The van der Waals surface area contributed by atoms with Gasteiger partial charge in [-0.2, -0.15) is 0 Å². The quantitative estimate of drug-likeness (QED) is 0.667. The molecular weight excluding hydrogens is 374 g/mol. The fourth-order valence-electron chi connectivity index (χ4n) is 2.27. The van der Waals surface area contributed by atoms with Crippen molar-refractivity contribution in [3.05, 3.63) is 59.7 Å². The molecule has 0 aliphatic rings. The largest absolute Gasteiger partial charge is 0.480 e. The van der Waals surface area contributed by atoms with Crippen LogP contribution in [0.15, 0.2) is 58.3 Å². The Bertz CT molecular complexity index is 732. The molecule has 0 aliphatic carbocycles. The number of carboxylic acid groups (broad SMARTS) is 1. The zero-order valence-electron chi connectivity index (χ0n) is 14.0. The summed E-state index contributed by atoms with van der Waals surface area (Å²) in [4.78, 5) is 13.0. The van der Waals surface area contributed by atoms with Crippen LogP contribution in [0.3, 0.4) is 0 Å². The van der Waals surface area contributed by atoms with E-state index in [1.54, 1.807) is 18.0 Å². The van der Waals surface area contributed by atoms with E-state index in [1.165, 1.54) is 16.7 Å². The molecule has 0 amide bonds. The van der Waals surface area contributed by atoms with E-state index < -0.39 is 22.8 Å². The van der Waals surface area contributed by atoms with Gasteiger partial charge in [0.2, 0.25) is 0 Å². The highest BCUT2D eigenvalue weighted by Gasteiger charge is 2.19. The van der Waals surface area contributed by atoms with Gasteiger partial charge in [0, 0.05) is 32.6 Å². The smallest absolute Gasteiger partial charge is 0.321 e. The molecule has 0 heterocycles. The number of benzene rings is 2. The van der Waals surface area contributed by atoms with Gasteiger partial charge in [0.05, 0.1) is 5.25 Å². The molecule has 4 nitrogen and oxygen atoms in total. The van der Waals surface area contributed by atoms with Crippen molar-refractivity contribution in [2.45, 2.75) is 21.1 Å². The summed E-state index contributed by atoms with van der Waals surface area (Å²) in [5, 5.41) is 9.00. The maximum absolute atomic E-state index is 11.6.